The molecule has 2 aromatic carbocycles. The Labute approximate surface area is 125 Å². The monoisotopic (exact) mass is 276 g/mol. The van der Waals surface area contributed by atoms with Crippen molar-refractivity contribution in [1.82, 2.24) is 4.98 Å². The fraction of sp³-hybridized carbons (Fsp3) is 0.211. The van der Waals surface area contributed by atoms with Gasteiger partial charge in [-0.1, -0.05) is 43.3 Å². The quantitative estimate of drug-likeness (QED) is 0.727. The van der Waals surface area contributed by atoms with Crippen LogP contribution >= 0.6 is 0 Å². The van der Waals surface area contributed by atoms with Gasteiger partial charge in [0.05, 0.1) is 0 Å². The second kappa shape index (κ2) is 5.96. The molecule has 0 aliphatic heterocycles. The van der Waals surface area contributed by atoms with Gasteiger partial charge in [-0.3, -0.25) is 4.98 Å². The Morgan fingerprint density at radius 2 is 1.86 bits per heavy atom. The summed E-state index contributed by atoms with van der Waals surface area (Å²) in [5.74, 6) is 0. The molecular formula is C19H20N2. The maximum Gasteiger partial charge on any atom is 0.0485 e. The molecule has 0 saturated carbocycles. The van der Waals surface area contributed by atoms with E-state index in [0.717, 1.165) is 17.5 Å². The van der Waals surface area contributed by atoms with Crippen LogP contribution in [0.25, 0.3) is 10.8 Å². The second-order valence-electron chi connectivity index (χ2n) is 5.36. The number of hydrogen-bond donors (Lipinski definition) is 1. The highest BCUT2D eigenvalue weighted by atomic mass is 14.9. The minimum Gasteiger partial charge on any atom is -0.378 e. The molecular weight excluding hydrogens is 256 g/mol. The van der Waals surface area contributed by atoms with Gasteiger partial charge in [0.25, 0.3) is 0 Å². The van der Waals surface area contributed by atoms with E-state index in [2.05, 4.69) is 72.7 Å². The van der Waals surface area contributed by atoms with Crippen LogP contribution in [0.5, 0.6) is 0 Å². The van der Waals surface area contributed by atoms with Crippen LogP contribution in [0.4, 0.5) is 5.69 Å². The molecule has 0 saturated heterocycles. The van der Waals surface area contributed by atoms with Gasteiger partial charge in [0.1, 0.15) is 0 Å². The van der Waals surface area contributed by atoms with Crippen LogP contribution in [0.15, 0.2) is 60.9 Å². The van der Waals surface area contributed by atoms with Crippen LogP contribution < -0.4 is 5.32 Å². The van der Waals surface area contributed by atoms with E-state index in [1.54, 1.807) is 0 Å². The van der Waals surface area contributed by atoms with Crippen LogP contribution in [-0.4, -0.2) is 4.98 Å². The predicted molar refractivity (Wildman–Crippen MR) is 89.6 cm³/mol. The third-order valence-corrected chi connectivity index (χ3v) is 3.94. The zero-order valence-electron chi connectivity index (χ0n) is 12.5. The van der Waals surface area contributed by atoms with Crippen LogP contribution in [0.2, 0.25) is 0 Å². The summed E-state index contributed by atoms with van der Waals surface area (Å²) >= 11 is 0. The van der Waals surface area contributed by atoms with Crippen molar-refractivity contribution < 1.29 is 0 Å². The SMILES string of the molecule is CCc1ccc(C(C)Nc2cccc3cnccc23)cc1. The molecule has 21 heavy (non-hydrogen) atoms. The van der Waals surface area contributed by atoms with Gasteiger partial charge in [-0.05, 0) is 36.6 Å². The number of aromatic nitrogens is 1. The van der Waals surface area contributed by atoms with E-state index in [1.165, 1.54) is 16.5 Å². The van der Waals surface area contributed by atoms with Gasteiger partial charge in [-0.2, -0.15) is 0 Å². The molecule has 1 unspecified atom stereocenters. The van der Waals surface area contributed by atoms with Gasteiger partial charge in [-0.15, -0.1) is 0 Å². The van der Waals surface area contributed by atoms with Gasteiger partial charge in [-0.25, -0.2) is 0 Å². The molecule has 0 fully saturated rings. The van der Waals surface area contributed by atoms with E-state index in [9.17, 15) is 0 Å². The maximum absolute atomic E-state index is 4.18. The van der Waals surface area contributed by atoms with E-state index in [0.29, 0.717) is 0 Å². The fourth-order valence-corrected chi connectivity index (χ4v) is 2.61. The van der Waals surface area contributed by atoms with Crippen molar-refractivity contribution in [3.05, 3.63) is 72.1 Å². The summed E-state index contributed by atoms with van der Waals surface area (Å²) in [4.78, 5) is 4.18. The Hall–Kier alpha value is -2.35. The highest BCUT2D eigenvalue weighted by Gasteiger charge is 2.07. The molecule has 1 N–H and O–H groups in total. The fourth-order valence-electron chi connectivity index (χ4n) is 2.61. The molecule has 0 radical (unpaired) electrons. The minimum atomic E-state index is 0.273. The molecule has 3 rings (SSSR count). The molecule has 0 amide bonds. The second-order valence-corrected chi connectivity index (χ2v) is 5.36. The van der Waals surface area contributed by atoms with Gasteiger partial charge in [0.15, 0.2) is 0 Å². The molecule has 0 spiro atoms. The minimum absolute atomic E-state index is 0.273. The standard InChI is InChI=1S/C19H20N2/c1-3-15-7-9-16(10-8-15)14(2)21-19-6-4-5-17-13-20-12-11-18(17)19/h4-14,21H,3H2,1-2H3. The lowest BCUT2D eigenvalue weighted by Crippen LogP contribution is -2.07. The number of anilines is 1. The van der Waals surface area contributed by atoms with Crippen molar-refractivity contribution in [2.75, 3.05) is 5.32 Å². The summed E-state index contributed by atoms with van der Waals surface area (Å²) in [6, 6.07) is 17.5. The first kappa shape index (κ1) is 13.6. The van der Waals surface area contributed by atoms with Crippen molar-refractivity contribution in [3.63, 3.8) is 0 Å². The van der Waals surface area contributed by atoms with E-state index >= 15 is 0 Å². The first-order chi connectivity index (χ1) is 10.3. The Morgan fingerprint density at radius 3 is 2.62 bits per heavy atom. The van der Waals surface area contributed by atoms with Crippen molar-refractivity contribution in [2.45, 2.75) is 26.3 Å². The van der Waals surface area contributed by atoms with Gasteiger partial charge in [0.2, 0.25) is 0 Å². The maximum atomic E-state index is 4.18. The summed E-state index contributed by atoms with van der Waals surface area (Å²) in [5, 5.41) is 5.99. The van der Waals surface area contributed by atoms with Crippen molar-refractivity contribution >= 4 is 16.5 Å². The van der Waals surface area contributed by atoms with Gasteiger partial charge < -0.3 is 5.32 Å². The number of benzene rings is 2. The third kappa shape index (κ3) is 2.89. The molecule has 0 aliphatic rings. The Bertz CT molecular complexity index is 727. The molecule has 3 aromatic rings. The normalized spacial score (nSPS) is 12.3. The van der Waals surface area contributed by atoms with E-state index in [-0.39, 0.29) is 6.04 Å². The Balaban J connectivity index is 1.87. The van der Waals surface area contributed by atoms with E-state index in [1.807, 2.05) is 12.4 Å². The lowest BCUT2D eigenvalue weighted by atomic mass is 10.0. The summed E-state index contributed by atoms with van der Waals surface area (Å²) in [7, 11) is 0. The average molecular weight is 276 g/mol. The van der Waals surface area contributed by atoms with Crippen LogP contribution in [-0.2, 0) is 6.42 Å². The number of nitrogens with one attached hydrogen (secondary N) is 1. The van der Waals surface area contributed by atoms with E-state index < -0.39 is 0 Å². The molecule has 1 heterocycles. The predicted octanol–water partition coefficient (Wildman–Crippen LogP) is 4.97. The topological polar surface area (TPSA) is 24.9 Å². The number of rotatable bonds is 4. The van der Waals surface area contributed by atoms with Crippen LogP contribution in [0, 0.1) is 0 Å². The lowest BCUT2D eigenvalue weighted by molar-refractivity contribution is 0.884. The van der Waals surface area contributed by atoms with E-state index in [4.69, 9.17) is 0 Å². The van der Waals surface area contributed by atoms with Gasteiger partial charge in [0, 0.05) is 34.9 Å². The zero-order valence-corrected chi connectivity index (χ0v) is 12.5. The molecule has 1 aromatic heterocycles. The Kier molecular flexibility index (Phi) is 3.87. The molecule has 2 nitrogen and oxygen atoms in total. The first-order valence-electron chi connectivity index (χ1n) is 7.46. The highest BCUT2D eigenvalue weighted by Crippen LogP contribution is 2.26. The number of hydrogen-bond acceptors (Lipinski definition) is 2. The molecule has 106 valence electrons. The van der Waals surface area contributed by atoms with Crippen LogP contribution in [0.3, 0.4) is 0 Å². The smallest absolute Gasteiger partial charge is 0.0485 e. The van der Waals surface area contributed by atoms with Crippen molar-refractivity contribution in [3.8, 4) is 0 Å². The summed E-state index contributed by atoms with van der Waals surface area (Å²) in [5.41, 5.74) is 3.84. The number of aryl methyl sites for hydroxylation is 1. The lowest BCUT2D eigenvalue weighted by Gasteiger charge is -2.17. The summed E-state index contributed by atoms with van der Waals surface area (Å²) in [6.45, 7) is 4.38. The number of fused-ring (bicyclic) bond motifs is 1. The van der Waals surface area contributed by atoms with Gasteiger partial charge >= 0.3 is 0 Å². The molecule has 1 atom stereocenters. The first-order valence-corrected chi connectivity index (χ1v) is 7.46. The summed E-state index contributed by atoms with van der Waals surface area (Å²) < 4.78 is 0. The molecule has 2 heteroatoms. The average Bonchev–Trinajstić information content (AvgIpc) is 2.55. The number of nitrogens with zero attached hydrogens (tertiary/aromatic N) is 1. The zero-order chi connectivity index (χ0) is 14.7. The van der Waals surface area contributed by atoms with Crippen LogP contribution in [0.1, 0.15) is 31.0 Å². The molecule has 0 aliphatic carbocycles. The molecule has 0 bridgehead atoms. The summed E-state index contributed by atoms with van der Waals surface area (Å²) in [6.07, 6.45) is 4.83. The largest absolute Gasteiger partial charge is 0.378 e. The van der Waals surface area contributed by atoms with Crippen molar-refractivity contribution in [1.29, 1.82) is 0 Å². The van der Waals surface area contributed by atoms with Crippen molar-refractivity contribution in [2.24, 2.45) is 0 Å². The Morgan fingerprint density at radius 1 is 1.05 bits per heavy atom. The third-order valence-electron chi connectivity index (χ3n) is 3.94. The highest BCUT2D eigenvalue weighted by molar-refractivity contribution is 5.93. The number of pyridine rings is 1.